The highest BCUT2D eigenvalue weighted by molar-refractivity contribution is 5.80. The van der Waals surface area contributed by atoms with E-state index in [4.69, 9.17) is 14.2 Å². The first-order valence-corrected chi connectivity index (χ1v) is 10.6. The number of nitrogens with one attached hydrogen (secondary N) is 2. The molecule has 4 atom stereocenters. The van der Waals surface area contributed by atoms with Crippen LogP contribution in [-0.4, -0.2) is 51.5 Å². The molecule has 2 N–H and O–H groups in total. The smallest absolute Gasteiger partial charge is 0.191 e. The van der Waals surface area contributed by atoms with Gasteiger partial charge >= 0.3 is 0 Å². The van der Waals surface area contributed by atoms with Gasteiger partial charge < -0.3 is 24.8 Å². The Morgan fingerprint density at radius 2 is 2.04 bits per heavy atom. The van der Waals surface area contributed by atoms with Crippen LogP contribution in [-0.2, 0) is 4.74 Å². The zero-order valence-electron chi connectivity index (χ0n) is 17.2. The second kappa shape index (κ2) is 8.19. The van der Waals surface area contributed by atoms with Gasteiger partial charge in [0.2, 0.25) is 0 Å². The van der Waals surface area contributed by atoms with E-state index >= 15 is 0 Å². The molecule has 1 aromatic rings. The van der Waals surface area contributed by atoms with E-state index in [0.29, 0.717) is 30.0 Å². The quantitative estimate of drug-likeness (QED) is 0.580. The zero-order chi connectivity index (χ0) is 19.6. The molecule has 0 amide bonds. The molecule has 3 fully saturated rings. The molecule has 1 aromatic carbocycles. The largest absolute Gasteiger partial charge is 0.493 e. The molecule has 1 saturated heterocycles. The predicted molar refractivity (Wildman–Crippen MR) is 110 cm³/mol. The first kappa shape index (κ1) is 19.4. The van der Waals surface area contributed by atoms with Crippen molar-refractivity contribution in [2.75, 3.05) is 27.3 Å². The number of ether oxygens (including phenoxy) is 3. The van der Waals surface area contributed by atoms with Gasteiger partial charge in [0.15, 0.2) is 17.5 Å². The van der Waals surface area contributed by atoms with Crippen LogP contribution < -0.4 is 20.1 Å². The molecular formula is C22H33N3O3. The topological polar surface area (TPSA) is 64.1 Å². The van der Waals surface area contributed by atoms with Crippen molar-refractivity contribution in [2.24, 2.45) is 16.3 Å². The first-order valence-electron chi connectivity index (χ1n) is 10.6. The van der Waals surface area contributed by atoms with Crippen molar-refractivity contribution in [2.45, 2.75) is 57.3 Å². The zero-order valence-corrected chi connectivity index (χ0v) is 17.2. The summed E-state index contributed by atoms with van der Waals surface area (Å²) < 4.78 is 17.5. The maximum atomic E-state index is 6.09. The van der Waals surface area contributed by atoms with E-state index in [2.05, 4.69) is 22.5 Å². The number of hydrogen-bond donors (Lipinski definition) is 2. The number of rotatable bonds is 6. The van der Waals surface area contributed by atoms with E-state index in [-0.39, 0.29) is 6.10 Å². The molecule has 6 heteroatoms. The van der Waals surface area contributed by atoms with E-state index in [1.807, 2.05) is 31.3 Å². The molecule has 2 aliphatic carbocycles. The number of fused-ring (bicyclic) bond motifs is 2. The molecule has 28 heavy (non-hydrogen) atoms. The van der Waals surface area contributed by atoms with E-state index in [9.17, 15) is 0 Å². The summed E-state index contributed by atoms with van der Waals surface area (Å²) in [5.41, 5.74) is 0.318. The molecule has 154 valence electrons. The fourth-order valence-corrected chi connectivity index (χ4v) is 5.46. The van der Waals surface area contributed by atoms with E-state index in [0.717, 1.165) is 30.5 Å². The lowest BCUT2D eigenvalue weighted by Gasteiger charge is -2.57. The second-order valence-electron chi connectivity index (χ2n) is 8.34. The number of aliphatic imine (C=N–C) groups is 1. The minimum atomic E-state index is -0.0146. The lowest BCUT2D eigenvalue weighted by Crippen LogP contribution is -2.69. The summed E-state index contributed by atoms with van der Waals surface area (Å²) in [5, 5.41) is 7.17. The summed E-state index contributed by atoms with van der Waals surface area (Å²) in [6.45, 7) is 3.63. The van der Waals surface area contributed by atoms with Gasteiger partial charge in [0.05, 0.1) is 19.8 Å². The molecule has 0 bridgehead atoms. The molecule has 1 spiro atoms. The second-order valence-corrected chi connectivity index (χ2v) is 8.34. The van der Waals surface area contributed by atoms with E-state index < -0.39 is 0 Å². The molecule has 0 radical (unpaired) electrons. The van der Waals surface area contributed by atoms with Gasteiger partial charge in [-0.3, -0.25) is 4.99 Å². The number of guanidine groups is 1. The van der Waals surface area contributed by atoms with Crippen LogP contribution in [0.1, 0.15) is 39.0 Å². The fourth-order valence-electron chi connectivity index (χ4n) is 5.46. The van der Waals surface area contributed by atoms with Gasteiger partial charge in [0.25, 0.3) is 0 Å². The van der Waals surface area contributed by atoms with Gasteiger partial charge in [-0.2, -0.15) is 0 Å². The summed E-state index contributed by atoms with van der Waals surface area (Å²) in [6.07, 6.45) is 6.79. The Bertz CT molecular complexity index is 702. The maximum absolute atomic E-state index is 6.09. The lowest BCUT2D eigenvalue weighted by atomic mass is 9.54. The van der Waals surface area contributed by atoms with E-state index in [1.54, 1.807) is 7.11 Å². The summed E-state index contributed by atoms with van der Waals surface area (Å²) in [4.78, 5) is 4.46. The van der Waals surface area contributed by atoms with Crippen LogP contribution in [0.4, 0.5) is 0 Å². The standard InChI is InChI=1S/C22H33N3O3/c1-15(28-18-9-5-4-8-17(18)26-3)14-24-21(23-2)25-19-16-10-13-27-20(16)22(19)11-6-7-12-22/h4-5,8-9,15-16,19-20H,6-7,10-14H2,1-3H3,(H2,23,24,25). The van der Waals surface area contributed by atoms with Gasteiger partial charge in [0.1, 0.15) is 6.10 Å². The third-order valence-corrected chi connectivity index (χ3v) is 6.76. The normalized spacial score (nSPS) is 29.1. The summed E-state index contributed by atoms with van der Waals surface area (Å²) in [7, 11) is 3.50. The SMILES string of the molecule is CN=C(NCC(C)Oc1ccccc1OC)NC1C2CCOC2C12CCCC2. The van der Waals surface area contributed by atoms with Crippen molar-refractivity contribution in [1.82, 2.24) is 10.6 Å². The third kappa shape index (κ3) is 3.43. The summed E-state index contributed by atoms with van der Waals surface area (Å²) in [6, 6.07) is 8.21. The molecule has 1 heterocycles. The number of methoxy groups -OCH3 is 1. The van der Waals surface area contributed by atoms with Crippen LogP contribution in [0.15, 0.2) is 29.3 Å². The van der Waals surface area contributed by atoms with Crippen LogP contribution in [0.5, 0.6) is 11.5 Å². The number of para-hydroxylation sites is 2. The van der Waals surface area contributed by atoms with Crippen LogP contribution in [0.2, 0.25) is 0 Å². The lowest BCUT2D eigenvalue weighted by molar-refractivity contribution is -0.125. The van der Waals surface area contributed by atoms with E-state index in [1.165, 1.54) is 25.7 Å². The van der Waals surface area contributed by atoms with Crippen LogP contribution in [0.3, 0.4) is 0 Å². The van der Waals surface area contributed by atoms with Crippen molar-refractivity contribution in [3.63, 3.8) is 0 Å². The minimum Gasteiger partial charge on any atom is -0.493 e. The number of hydrogen-bond acceptors (Lipinski definition) is 4. The van der Waals surface area contributed by atoms with Crippen molar-refractivity contribution in [3.05, 3.63) is 24.3 Å². The molecule has 3 aliphatic rings. The average Bonchev–Trinajstić information content (AvgIpc) is 3.37. The predicted octanol–water partition coefficient (Wildman–Crippen LogP) is 2.98. The van der Waals surface area contributed by atoms with Gasteiger partial charge in [0, 0.05) is 31.0 Å². The average molecular weight is 388 g/mol. The molecular weight excluding hydrogens is 354 g/mol. The highest BCUT2D eigenvalue weighted by Gasteiger charge is 2.65. The summed E-state index contributed by atoms with van der Waals surface area (Å²) in [5.74, 6) is 3.00. The number of nitrogens with zero attached hydrogens (tertiary/aromatic N) is 1. The Morgan fingerprint density at radius 1 is 1.29 bits per heavy atom. The van der Waals surface area contributed by atoms with Gasteiger partial charge in [-0.1, -0.05) is 25.0 Å². The van der Waals surface area contributed by atoms with Crippen molar-refractivity contribution in [3.8, 4) is 11.5 Å². The highest BCUT2D eigenvalue weighted by Crippen LogP contribution is 2.60. The Balaban J connectivity index is 1.32. The molecule has 4 unspecified atom stereocenters. The first-order chi connectivity index (χ1) is 13.7. The van der Waals surface area contributed by atoms with Gasteiger partial charge in [-0.15, -0.1) is 0 Å². The Labute approximate surface area is 168 Å². The van der Waals surface area contributed by atoms with Gasteiger partial charge in [-0.25, -0.2) is 0 Å². The van der Waals surface area contributed by atoms with Crippen LogP contribution >= 0.6 is 0 Å². The van der Waals surface area contributed by atoms with Crippen LogP contribution in [0, 0.1) is 11.3 Å². The molecule has 0 aromatic heterocycles. The minimum absolute atomic E-state index is 0.0146. The maximum Gasteiger partial charge on any atom is 0.191 e. The highest BCUT2D eigenvalue weighted by atomic mass is 16.5. The molecule has 6 nitrogen and oxygen atoms in total. The summed E-state index contributed by atoms with van der Waals surface area (Å²) >= 11 is 0. The van der Waals surface area contributed by atoms with Crippen molar-refractivity contribution in [1.29, 1.82) is 0 Å². The molecule has 4 rings (SSSR count). The van der Waals surface area contributed by atoms with Crippen molar-refractivity contribution < 1.29 is 14.2 Å². The molecule has 2 saturated carbocycles. The monoisotopic (exact) mass is 387 g/mol. The Hall–Kier alpha value is -1.95. The fraction of sp³-hybridized carbons (Fsp3) is 0.682. The Morgan fingerprint density at radius 3 is 2.75 bits per heavy atom. The number of benzene rings is 1. The van der Waals surface area contributed by atoms with Gasteiger partial charge in [-0.05, 0) is 38.3 Å². The van der Waals surface area contributed by atoms with Crippen LogP contribution in [0.25, 0.3) is 0 Å². The Kier molecular flexibility index (Phi) is 5.67. The third-order valence-electron chi connectivity index (χ3n) is 6.76. The molecule has 1 aliphatic heterocycles. The van der Waals surface area contributed by atoms with Crippen molar-refractivity contribution >= 4 is 5.96 Å².